The Balaban J connectivity index is 1.47. The minimum atomic E-state index is -0.650. The summed E-state index contributed by atoms with van der Waals surface area (Å²) in [5.74, 6) is -0.361. The van der Waals surface area contributed by atoms with Gasteiger partial charge in [-0.05, 0) is 49.4 Å². The van der Waals surface area contributed by atoms with Gasteiger partial charge < -0.3 is 26.4 Å². The van der Waals surface area contributed by atoms with Gasteiger partial charge in [0, 0.05) is 30.4 Å². The van der Waals surface area contributed by atoms with Crippen LogP contribution >= 0.6 is 0 Å². The van der Waals surface area contributed by atoms with E-state index in [9.17, 15) is 4.39 Å². The molecule has 3 heterocycles. The Morgan fingerprint density at radius 1 is 1.06 bits per heavy atom. The van der Waals surface area contributed by atoms with Gasteiger partial charge in [-0.2, -0.15) is 0 Å². The van der Waals surface area contributed by atoms with Gasteiger partial charge in [-0.15, -0.1) is 0 Å². The van der Waals surface area contributed by atoms with Gasteiger partial charge in [0.15, 0.2) is 17.4 Å². The zero-order chi connectivity index (χ0) is 23.7. The highest BCUT2D eigenvalue weighted by molar-refractivity contribution is 5.73. The van der Waals surface area contributed by atoms with E-state index in [4.69, 9.17) is 16.2 Å². The Morgan fingerprint density at radius 2 is 1.88 bits per heavy atom. The number of nitrogens with zero attached hydrogens (tertiary/aromatic N) is 4. The van der Waals surface area contributed by atoms with E-state index in [0.717, 1.165) is 37.4 Å². The Hall–Kier alpha value is -3.37. The largest absolute Gasteiger partial charge is 0.486 e. The first-order valence-corrected chi connectivity index (χ1v) is 11.5. The normalized spacial score (nSPS) is 19.9. The number of nitrogens with two attached hydrogens (primary N) is 2. The smallest absolute Gasteiger partial charge is 0.229 e. The molecule has 34 heavy (non-hydrogen) atoms. The lowest BCUT2D eigenvalue weighted by Gasteiger charge is -2.40. The second-order valence-electron chi connectivity index (χ2n) is 8.69. The second kappa shape index (κ2) is 9.47. The van der Waals surface area contributed by atoms with Crippen molar-refractivity contribution in [3.8, 4) is 17.0 Å². The highest BCUT2D eigenvalue weighted by Crippen LogP contribution is 2.41. The molecule has 2 aliphatic rings. The number of pyridine rings is 1. The van der Waals surface area contributed by atoms with Crippen molar-refractivity contribution >= 4 is 17.5 Å². The van der Waals surface area contributed by atoms with Crippen LogP contribution in [-0.4, -0.2) is 40.2 Å². The molecule has 0 spiro atoms. The number of halogens is 2. The summed E-state index contributed by atoms with van der Waals surface area (Å²) in [7, 11) is 0. The van der Waals surface area contributed by atoms with E-state index in [0.29, 0.717) is 36.8 Å². The molecule has 8 nitrogen and oxygen atoms in total. The summed E-state index contributed by atoms with van der Waals surface area (Å²) in [6.07, 6.45) is 6.41. The highest BCUT2D eigenvalue weighted by atomic mass is 19.1. The Kier molecular flexibility index (Phi) is 6.25. The third-order valence-corrected chi connectivity index (χ3v) is 6.41. The van der Waals surface area contributed by atoms with Crippen molar-refractivity contribution in [2.45, 2.75) is 44.3 Å². The number of anilines is 3. The molecule has 0 atom stereocenters. The van der Waals surface area contributed by atoms with E-state index in [2.05, 4.69) is 25.2 Å². The fraction of sp³-hybridized carbons (Fsp3) is 0.375. The fourth-order valence-corrected chi connectivity index (χ4v) is 4.59. The molecule has 0 bridgehead atoms. The van der Waals surface area contributed by atoms with Crippen molar-refractivity contribution in [1.29, 1.82) is 0 Å². The molecule has 0 radical (unpaired) electrons. The number of hydrogen-bond donors (Lipinski definition) is 3. The van der Waals surface area contributed by atoms with Gasteiger partial charge in [0.2, 0.25) is 5.95 Å². The predicted octanol–water partition coefficient (Wildman–Crippen LogP) is 3.49. The third-order valence-electron chi connectivity index (χ3n) is 6.41. The molecule has 1 saturated carbocycles. The Labute approximate surface area is 196 Å². The molecule has 0 unspecified atom stereocenters. The number of ether oxygens (including phenoxy) is 1. The molecular weight excluding hydrogens is 440 g/mol. The molecular formula is C24H27F2N7O. The van der Waals surface area contributed by atoms with E-state index < -0.39 is 11.6 Å². The monoisotopic (exact) mass is 467 g/mol. The molecule has 1 aliphatic carbocycles. The summed E-state index contributed by atoms with van der Waals surface area (Å²) < 4.78 is 35.5. The first-order chi connectivity index (χ1) is 16.5. The van der Waals surface area contributed by atoms with Crippen LogP contribution in [0, 0.1) is 11.6 Å². The molecule has 10 heteroatoms. The molecule has 0 saturated heterocycles. The zero-order valence-corrected chi connectivity index (χ0v) is 18.7. The maximum atomic E-state index is 15.1. The maximum Gasteiger partial charge on any atom is 0.229 e. The number of rotatable bonds is 5. The van der Waals surface area contributed by atoms with Crippen molar-refractivity contribution < 1.29 is 13.5 Å². The molecule has 3 aromatic rings. The van der Waals surface area contributed by atoms with Crippen LogP contribution in [0.15, 0.2) is 36.7 Å². The lowest BCUT2D eigenvalue weighted by molar-refractivity contribution is 0.272. The molecule has 1 aromatic carbocycles. The van der Waals surface area contributed by atoms with Crippen molar-refractivity contribution in [3.63, 3.8) is 0 Å². The van der Waals surface area contributed by atoms with Gasteiger partial charge in [-0.3, -0.25) is 0 Å². The average molecular weight is 468 g/mol. The molecule has 1 aliphatic heterocycles. The fourth-order valence-electron chi connectivity index (χ4n) is 4.59. The van der Waals surface area contributed by atoms with Crippen LogP contribution in [0.5, 0.6) is 5.75 Å². The third kappa shape index (κ3) is 4.51. The van der Waals surface area contributed by atoms with E-state index in [1.807, 2.05) is 6.07 Å². The standard InChI is InChI=1S/C24H27F2N7O/c25-18-9-15(10-20-23(18)34-8-7-33(20)17-4-2-16(28)3-5-17)22-19(26)13-30-24(32-22)31-21-6-1-14(11-27)12-29-21/h1,6,9-10,12-13,16-17H,2-5,7-8,11,27-28H2,(H,29,30,31,32). The summed E-state index contributed by atoms with van der Waals surface area (Å²) in [5.41, 5.74) is 13.5. The summed E-state index contributed by atoms with van der Waals surface area (Å²) in [4.78, 5) is 14.7. The van der Waals surface area contributed by atoms with E-state index >= 15 is 4.39 Å². The Morgan fingerprint density at radius 3 is 2.62 bits per heavy atom. The van der Waals surface area contributed by atoms with Crippen molar-refractivity contribution in [2.24, 2.45) is 11.5 Å². The minimum absolute atomic E-state index is 0.00559. The Bertz CT molecular complexity index is 1170. The van der Waals surface area contributed by atoms with Gasteiger partial charge in [-0.1, -0.05) is 6.07 Å². The van der Waals surface area contributed by atoms with Gasteiger partial charge in [0.25, 0.3) is 0 Å². The predicted molar refractivity (Wildman–Crippen MR) is 126 cm³/mol. The lowest BCUT2D eigenvalue weighted by Crippen LogP contribution is -2.44. The topological polar surface area (TPSA) is 115 Å². The first-order valence-electron chi connectivity index (χ1n) is 11.5. The SMILES string of the molecule is NCc1ccc(Nc2ncc(F)c(-c3cc(F)c4c(c3)N(C3CCC(N)CC3)CCO4)n2)nc1. The van der Waals surface area contributed by atoms with E-state index in [1.165, 1.54) is 6.07 Å². The van der Waals surface area contributed by atoms with Gasteiger partial charge in [-0.25, -0.2) is 23.7 Å². The molecule has 2 aromatic heterocycles. The van der Waals surface area contributed by atoms with Gasteiger partial charge in [0.05, 0.1) is 18.4 Å². The minimum Gasteiger partial charge on any atom is -0.486 e. The highest BCUT2D eigenvalue weighted by Gasteiger charge is 2.31. The van der Waals surface area contributed by atoms with Crippen LogP contribution in [0.25, 0.3) is 11.3 Å². The van der Waals surface area contributed by atoms with Crippen LogP contribution in [0.3, 0.4) is 0 Å². The van der Waals surface area contributed by atoms with Gasteiger partial charge in [0.1, 0.15) is 18.1 Å². The van der Waals surface area contributed by atoms with Crippen LogP contribution in [-0.2, 0) is 6.54 Å². The number of fused-ring (bicyclic) bond motifs is 1. The summed E-state index contributed by atoms with van der Waals surface area (Å²) in [6.45, 7) is 1.42. The molecule has 5 rings (SSSR count). The zero-order valence-electron chi connectivity index (χ0n) is 18.7. The first kappa shape index (κ1) is 22.4. The molecule has 178 valence electrons. The van der Waals surface area contributed by atoms with Gasteiger partial charge >= 0.3 is 0 Å². The second-order valence-corrected chi connectivity index (χ2v) is 8.69. The average Bonchev–Trinajstić information content (AvgIpc) is 2.86. The molecule has 1 fully saturated rings. The quantitative estimate of drug-likeness (QED) is 0.522. The van der Waals surface area contributed by atoms with Crippen LogP contribution in [0.1, 0.15) is 31.2 Å². The van der Waals surface area contributed by atoms with Crippen molar-refractivity contribution in [2.75, 3.05) is 23.4 Å². The number of nitrogens with one attached hydrogen (secondary N) is 1. The van der Waals surface area contributed by atoms with Crippen LogP contribution < -0.4 is 26.4 Å². The summed E-state index contributed by atoms with van der Waals surface area (Å²) in [6, 6.07) is 7.01. The van der Waals surface area contributed by atoms with Crippen LogP contribution in [0.2, 0.25) is 0 Å². The number of aromatic nitrogens is 3. The van der Waals surface area contributed by atoms with E-state index in [-0.39, 0.29) is 29.5 Å². The summed E-state index contributed by atoms with van der Waals surface area (Å²) >= 11 is 0. The number of hydrogen-bond acceptors (Lipinski definition) is 8. The van der Waals surface area contributed by atoms with Crippen molar-refractivity contribution in [3.05, 3.63) is 53.9 Å². The molecule has 0 amide bonds. The molecule has 5 N–H and O–H groups in total. The lowest BCUT2D eigenvalue weighted by atomic mass is 9.90. The summed E-state index contributed by atoms with van der Waals surface area (Å²) in [5, 5.41) is 2.95. The van der Waals surface area contributed by atoms with E-state index in [1.54, 1.807) is 18.3 Å². The van der Waals surface area contributed by atoms with Crippen LogP contribution in [0.4, 0.5) is 26.2 Å². The maximum absolute atomic E-state index is 15.1. The van der Waals surface area contributed by atoms with Crippen molar-refractivity contribution in [1.82, 2.24) is 15.0 Å². The number of benzene rings is 1.